The Morgan fingerprint density at radius 2 is 1.89 bits per heavy atom. The van der Waals surface area contributed by atoms with Gasteiger partial charge >= 0.3 is 0 Å². The first-order chi connectivity index (χ1) is 8.60. The van der Waals surface area contributed by atoms with Gasteiger partial charge in [-0.2, -0.15) is 0 Å². The third kappa shape index (κ3) is 3.76. The molecule has 5 heteroatoms. The summed E-state index contributed by atoms with van der Waals surface area (Å²) in [4.78, 5) is 0. The van der Waals surface area contributed by atoms with E-state index < -0.39 is 23.5 Å². The van der Waals surface area contributed by atoms with Gasteiger partial charge in [0.15, 0.2) is 17.5 Å². The van der Waals surface area contributed by atoms with E-state index in [4.69, 9.17) is 5.73 Å². The minimum atomic E-state index is -1.47. The number of nitrogens with one attached hydrogen (secondary N) is 1. The van der Waals surface area contributed by atoms with Gasteiger partial charge in [-0.15, -0.1) is 11.8 Å². The van der Waals surface area contributed by atoms with Gasteiger partial charge in [-0.3, -0.25) is 0 Å². The monoisotopic (exact) mass is 256 g/mol. The van der Waals surface area contributed by atoms with Crippen LogP contribution in [0, 0.1) is 29.3 Å². The topological polar surface area (TPSA) is 38.0 Å². The summed E-state index contributed by atoms with van der Waals surface area (Å²) in [7, 11) is 0. The zero-order chi connectivity index (χ0) is 13.5. The van der Waals surface area contributed by atoms with E-state index in [-0.39, 0.29) is 6.54 Å². The molecule has 0 aromatic heterocycles. The fraction of sp³-hybridized carbons (Fsp3) is 0.385. The standard InChI is InChI=1S/C13H15F3N2/c1-2-3-4-5-18-12(8-17)9-6-10(14)13(16)11(15)7-9/h6-7,12,18H,4-5,8,17H2,1H3. The predicted molar refractivity (Wildman–Crippen MR) is 64.2 cm³/mol. The maximum Gasteiger partial charge on any atom is 0.194 e. The smallest absolute Gasteiger partial charge is 0.194 e. The maximum absolute atomic E-state index is 13.1. The molecule has 1 rings (SSSR count). The third-order valence-corrected chi connectivity index (χ3v) is 2.46. The molecule has 0 spiro atoms. The van der Waals surface area contributed by atoms with Crippen molar-refractivity contribution >= 4 is 0 Å². The average Bonchev–Trinajstić information content (AvgIpc) is 2.35. The summed E-state index contributed by atoms with van der Waals surface area (Å²) in [6.07, 6.45) is 0.610. The molecular formula is C13H15F3N2. The molecule has 0 aliphatic heterocycles. The van der Waals surface area contributed by atoms with Crippen LogP contribution in [0.2, 0.25) is 0 Å². The summed E-state index contributed by atoms with van der Waals surface area (Å²) in [6.45, 7) is 2.43. The van der Waals surface area contributed by atoms with Crippen molar-refractivity contribution in [3.05, 3.63) is 35.1 Å². The summed E-state index contributed by atoms with van der Waals surface area (Å²) in [5, 5.41) is 3.01. The molecular weight excluding hydrogens is 241 g/mol. The molecule has 0 aliphatic carbocycles. The van der Waals surface area contributed by atoms with E-state index in [1.807, 2.05) is 0 Å². The van der Waals surface area contributed by atoms with E-state index in [9.17, 15) is 13.2 Å². The van der Waals surface area contributed by atoms with E-state index in [0.29, 0.717) is 18.5 Å². The van der Waals surface area contributed by atoms with Gasteiger partial charge in [0, 0.05) is 25.6 Å². The lowest BCUT2D eigenvalue weighted by atomic mass is 10.1. The fourth-order valence-corrected chi connectivity index (χ4v) is 1.55. The third-order valence-electron chi connectivity index (χ3n) is 2.46. The predicted octanol–water partition coefficient (Wildman–Crippen LogP) is 2.11. The molecule has 1 atom stereocenters. The minimum Gasteiger partial charge on any atom is -0.329 e. The minimum absolute atomic E-state index is 0.157. The molecule has 0 amide bonds. The Bertz CT molecular complexity index is 440. The van der Waals surface area contributed by atoms with Crippen LogP contribution in [0.15, 0.2) is 12.1 Å². The summed E-state index contributed by atoms with van der Waals surface area (Å²) in [5.74, 6) is 1.70. The van der Waals surface area contributed by atoms with Crippen molar-refractivity contribution in [3.63, 3.8) is 0 Å². The Morgan fingerprint density at radius 3 is 2.39 bits per heavy atom. The molecule has 0 bridgehead atoms. The van der Waals surface area contributed by atoms with E-state index in [2.05, 4.69) is 17.2 Å². The summed E-state index contributed by atoms with van der Waals surface area (Å²) >= 11 is 0. The highest BCUT2D eigenvalue weighted by molar-refractivity contribution is 5.23. The van der Waals surface area contributed by atoms with Crippen LogP contribution in [0.3, 0.4) is 0 Å². The molecule has 0 fully saturated rings. The maximum atomic E-state index is 13.1. The van der Waals surface area contributed by atoms with E-state index in [0.717, 1.165) is 12.1 Å². The van der Waals surface area contributed by atoms with Gasteiger partial charge in [-0.05, 0) is 24.6 Å². The molecule has 1 aromatic rings. The van der Waals surface area contributed by atoms with E-state index >= 15 is 0 Å². The van der Waals surface area contributed by atoms with Crippen LogP contribution >= 0.6 is 0 Å². The van der Waals surface area contributed by atoms with Crippen molar-refractivity contribution in [2.45, 2.75) is 19.4 Å². The highest BCUT2D eigenvalue weighted by atomic mass is 19.2. The lowest BCUT2D eigenvalue weighted by molar-refractivity contribution is 0.440. The van der Waals surface area contributed by atoms with Crippen molar-refractivity contribution in [3.8, 4) is 11.8 Å². The van der Waals surface area contributed by atoms with Crippen LogP contribution in [0.1, 0.15) is 24.9 Å². The Labute approximate surface area is 104 Å². The lowest BCUT2D eigenvalue weighted by Crippen LogP contribution is -2.29. The highest BCUT2D eigenvalue weighted by Crippen LogP contribution is 2.18. The van der Waals surface area contributed by atoms with Gasteiger partial charge in [-0.25, -0.2) is 13.2 Å². The second kappa shape index (κ2) is 7.04. The summed E-state index contributed by atoms with van der Waals surface area (Å²) < 4.78 is 39.0. The molecule has 0 saturated carbocycles. The van der Waals surface area contributed by atoms with Crippen LogP contribution in [0.5, 0.6) is 0 Å². The van der Waals surface area contributed by atoms with Crippen molar-refractivity contribution in [2.75, 3.05) is 13.1 Å². The SMILES string of the molecule is CC#CCCNC(CN)c1cc(F)c(F)c(F)c1. The van der Waals surface area contributed by atoms with Crippen LogP contribution < -0.4 is 11.1 Å². The van der Waals surface area contributed by atoms with Gasteiger partial charge in [0.25, 0.3) is 0 Å². The van der Waals surface area contributed by atoms with E-state index in [1.54, 1.807) is 6.92 Å². The van der Waals surface area contributed by atoms with Crippen LogP contribution in [-0.2, 0) is 0 Å². The summed E-state index contributed by atoms with van der Waals surface area (Å²) in [5.41, 5.74) is 5.81. The van der Waals surface area contributed by atoms with Gasteiger partial charge in [-0.1, -0.05) is 0 Å². The van der Waals surface area contributed by atoms with Crippen molar-refractivity contribution < 1.29 is 13.2 Å². The molecule has 0 radical (unpaired) electrons. The zero-order valence-electron chi connectivity index (χ0n) is 10.1. The van der Waals surface area contributed by atoms with Gasteiger partial charge in [0.05, 0.1) is 0 Å². The number of hydrogen-bond donors (Lipinski definition) is 2. The lowest BCUT2D eigenvalue weighted by Gasteiger charge is -2.17. The molecule has 0 saturated heterocycles. The number of halogens is 3. The molecule has 18 heavy (non-hydrogen) atoms. The average molecular weight is 256 g/mol. The quantitative estimate of drug-likeness (QED) is 0.481. The van der Waals surface area contributed by atoms with Crippen molar-refractivity contribution in [1.82, 2.24) is 5.32 Å². The Balaban J connectivity index is 2.77. The molecule has 0 heterocycles. The molecule has 1 aromatic carbocycles. The van der Waals surface area contributed by atoms with Crippen molar-refractivity contribution in [2.24, 2.45) is 5.73 Å². The number of hydrogen-bond acceptors (Lipinski definition) is 2. The summed E-state index contributed by atoms with van der Waals surface area (Å²) in [6, 6.07) is 1.48. The molecule has 3 N–H and O–H groups in total. The van der Waals surface area contributed by atoms with Gasteiger partial charge in [0.2, 0.25) is 0 Å². The number of rotatable bonds is 5. The Kier molecular flexibility index (Phi) is 5.69. The first-order valence-electron chi connectivity index (χ1n) is 5.57. The molecule has 2 nitrogen and oxygen atoms in total. The number of benzene rings is 1. The van der Waals surface area contributed by atoms with Gasteiger partial charge < -0.3 is 11.1 Å². The number of nitrogens with two attached hydrogens (primary N) is 1. The molecule has 98 valence electrons. The first kappa shape index (κ1) is 14.6. The molecule has 0 aliphatic rings. The Morgan fingerprint density at radius 1 is 1.28 bits per heavy atom. The van der Waals surface area contributed by atoms with Crippen molar-refractivity contribution in [1.29, 1.82) is 0 Å². The normalized spacial score (nSPS) is 11.8. The largest absolute Gasteiger partial charge is 0.329 e. The molecule has 1 unspecified atom stereocenters. The first-order valence-corrected chi connectivity index (χ1v) is 5.57. The second-order valence-electron chi connectivity index (χ2n) is 3.72. The van der Waals surface area contributed by atoms with Crippen LogP contribution in [-0.4, -0.2) is 13.1 Å². The second-order valence-corrected chi connectivity index (χ2v) is 3.72. The van der Waals surface area contributed by atoms with Gasteiger partial charge in [0.1, 0.15) is 0 Å². The van der Waals surface area contributed by atoms with Crippen LogP contribution in [0.4, 0.5) is 13.2 Å². The highest BCUT2D eigenvalue weighted by Gasteiger charge is 2.15. The van der Waals surface area contributed by atoms with Crippen LogP contribution in [0.25, 0.3) is 0 Å². The van der Waals surface area contributed by atoms with E-state index in [1.165, 1.54) is 0 Å². The zero-order valence-corrected chi connectivity index (χ0v) is 10.1. The fourth-order valence-electron chi connectivity index (χ4n) is 1.55. The Hall–Kier alpha value is -1.51.